The lowest BCUT2D eigenvalue weighted by Crippen LogP contribution is -2.38. The highest BCUT2D eigenvalue weighted by molar-refractivity contribution is 7.89. The molecule has 0 spiro atoms. The number of nitrogens with zero attached hydrogens (tertiary/aromatic N) is 2. The van der Waals surface area contributed by atoms with Crippen molar-refractivity contribution in [2.45, 2.75) is 24.2 Å². The lowest BCUT2D eigenvalue weighted by atomic mass is 9.95. The molecule has 1 fully saturated rings. The summed E-state index contributed by atoms with van der Waals surface area (Å²) in [6, 6.07) is 7.85. The molecule has 0 unspecified atom stereocenters. The number of rotatable bonds is 4. The summed E-state index contributed by atoms with van der Waals surface area (Å²) in [4.78, 5) is 10.8. The van der Waals surface area contributed by atoms with Gasteiger partial charge >= 0.3 is 5.97 Å². The van der Waals surface area contributed by atoms with Gasteiger partial charge in [0.05, 0.1) is 16.5 Å². The van der Waals surface area contributed by atoms with Crippen LogP contribution in [0.4, 0.5) is 0 Å². The number of nitriles is 1. The van der Waals surface area contributed by atoms with Gasteiger partial charge in [-0.25, -0.2) is 8.42 Å². The van der Waals surface area contributed by atoms with E-state index in [4.69, 9.17) is 10.4 Å². The first-order valence-corrected chi connectivity index (χ1v) is 8.09. The van der Waals surface area contributed by atoms with Gasteiger partial charge in [-0.1, -0.05) is 6.07 Å². The number of piperidine rings is 1. The Morgan fingerprint density at radius 3 is 2.62 bits per heavy atom. The maximum atomic E-state index is 12.5. The third-order valence-corrected chi connectivity index (χ3v) is 5.53. The second-order valence-corrected chi connectivity index (χ2v) is 7.02. The molecule has 1 aromatic carbocycles. The second kappa shape index (κ2) is 6.24. The third-order valence-electron chi connectivity index (χ3n) is 3.64. The zero-order valence-corrected chi connectivity index (χ0v) is 12.2. The van der Waals surface area contributed by atoms with E-state index in [1.807, 2.05) is 6.07 Å². The highest BCUT2D eigenvalue weighted by Gasteiger charge is 2.30. The van der Waals surface area contributed by atoms with Crippen LogP contribution < -0.4 is 0 Å². The van der Waals surface area contributed by atoms with Crippen molar-refractivity contribution in [2.75, 3.05) is 13.1 Å². The minimum absolute atomic E-state index is 0.0272. The minimum Gasteiger partial charge on any atom is -0.481 e. The lowest BCUT2D eigenvalue weighted by molar-refractivity contribution is -0.138. The van der Waals surface area contributed by atoms with E-state index in [0.717, 1.165) is 0 Å². The van der Waals surface area contributed by atoms with Crippen molar-refractivity contribution in [3.8, 4) is 6.07 Å². The zero-order chi connectivity index (χ0) is 15.5. The minimum atomic E-state index is -3.61. The first-order valence-electron chi connectivity index (χ1n) is 6.65. The largest absolute Gasteiger partial charge is 0.481 e. The predicted octanol–water partition coefficient (Wildman–Crippen LogP) is 1.43. The number of carboxylic acid groups (broad SMARTS) is 1. The van der Waals surface area contributed by atoms with Crippen LogP contribution >= 0.6 is 0 Å². The van der Waals surface area contributed by atoms with Gasteiger partial charge in [-0.05, 0) is 37.0 Å². The topological polar surface area (TPSA) is 98.5 Å². The summed E-state index contributed by atoms with van der Waals surface area (Å²) in [7, 11) is -3.61. The Labute approximate surface area is 123 Å². The highest BCUT2D eigenvalue weighted by atomic mass is 32.2. The van der Waals surface area contributed by atoms with Gasteiger partial charge in [0.25, 0.3) is 0 Å². The van der Waals surface area contributed by atoms with Gasteiger partial charge in [0.15, 0.2) is 0 Å². The van der Waals surface area contributed by atoms with Crippen LogP contribution in [0, 0.1) is 17.2 Å². The number of carbonyl (C=O) groups is 1. The molecule has 0 bridgehead atoms. The van der Waals surface area contributed by atoms with E-state index in [2.05, 4.69) is 0 Å². The first kappa shape index (κ1) is 15.5. The fraction of sp³-hybridized carbons (Fsp3) is 0.429. The van der Waals surface area contributed by atoms with E-state index < -0.39 is 16.0 Å². The molecule has 7 heteroatoms. The predicted molar refractivity (Wildman–Crippen MR) is 74.9 cm³/mol. The van der Waals surface area contributed by atoms with E-state index in [0.29, 0.717) is 31.5 Å². The van der Waals surface area contributed by atoms with Gasteiger partial charge in [0, 0.05) is 19.5 Å². The van der Waals surface area contributed by atoms with Crippen LogP contribution in [-0.2, 0) is 14.8 Å². The molecule has 1 aliphatic rings. The maximum Gasteiger partial charge on any atom is 0.303 e. The Morgan fingerprint density at radius 2 is 2.05 bits per heavy atom. The molecule has 112 valence electrons. The van der Waals surface area contributed by atoms with Crippen molar-refractivity contribution in [3.63, 3.8) is 0 Å². The fourth-order valence-corrected chi connectivity index (χ4v) is 3.99. The summed E-state index contributed by atoms with van der Waals surface area (Å²) in [6.07, 6.45) is 1.17. The second-order valence-electron chi connectivity index (χ2n) is 5.08. The molecule has 6 nitrogen and oxygen atoms in total. The van der Waals surface area contributed by atoms with Crippen LogP contribution in [0.5, 0.6) is 0 Å². The molecule has 0 saturated carbocycles. The summed E-state index contributed by atoms with van der Waals surface area (Å²) in [5.41, 5.74) is 0.303. The summed E-state index contributed by atoms with van der Waals surface area (Å²) in [6.45, 7) is 0.633. The molecule has 1 saturated heterocycles. The molecule has 21 heavy (non-hydrogen) atoms. The van der Waals surface area contributed by atoms with Crippen molar-refractivity contribution in [3.05, 3.63) is 29.8 Å². The molecule has 1 aromatic rings. The Morgan fingerprint density at radius 1 is 1.38 bits per heavy atom. The average molecular weight is 308 g/mol. The van der Waals surface area contributed by atoms with Gasteiger partial charge in [-0.3, -0.25) is 4.79 Å². The van der Waals surface area contributed by atoms with Gasteiger partial charge in [0.2, 0.25) is 10.0 Å². The quantitative estimate of drug-likeness (QED) is 0.907. The molecule has 0 amide bonds. The van der Waals surface area contributed by atoms with Crippen LogP contribution in [0.15, 0.2) is 29.2 Å². The van der Waals surface area contributed by atoms with Crippen LogP contribution in [-0.4, -0.2) is 36.9 Å². The Bertz CT molecular complexity index is 670. The first-order chi connectivity index (χ1) is 9.93. The monoisotopic (exact) mass is 308 g/mol. The number of benzene rings is 1. The number of hydrogen-bond acceptors (Lipinski definition) is 4. The molecule has 1 heterocycles. The van der Waals surface area contributed by atoms with E-state index in [1.165, 1.54) is 16.4 Å². The fourth-order valence-electron chi connectivity index (χ4n) is 2.48. The van der Waals surface area contributed by atoms with E-state index in [1.54, 1.807) is 12.1 Å². The molecular weight excluding hydrogens is 292 g/mol. The van der Waals surface area contributed by atoms with Gasteiger partial charge in [-0.2, -0.15) is 9.57 Å². The molecule has 2 rings (SSSR count). The van der Waals surface area contributed by atoms with Crippen molar-refractivity contribution in [1.82, 2.24) is 4.31 Å². The van der Waals surface area contributed by atoms with Crippen molar-refractivity contribution in [2.24, 2.45) is 5.92 Å². The van der Waals surface area contributed by atoms with Gasteiger partial charge in [-0.15, -0.1) is 0 Å². The van der Waals surface area contributed by atoms with E-state index in [-0.39, 0.29) is 17.2 Å². The van der Waals surface area contributed by atoms with Crippen LogP contribution in [0.3, 0.4) is 0 Å². The number of carboxylic acids is 1. The molecule has 0 radical (unpaired) electrons. The highest BCUT2D eigenvalue weighted by Crippen LogP contribution is 2.25. The Kier molecular flexibility index (Phi) is 4.60. The summed E-state index contributed by atoms with van der Waals surface area (Å²) >= 11 is 0. The van der Waals surface area contributed by atoms with Crippen molar-refractivity contribution in [1.29, 1.82) is 5.26 Å². The molecule has 0 aliphatic carbocycles. The maximum absolute atomic E-state index is 12.5. The molecule has 0 aromatic heterocycles. The molecule has 1 aliphatic heterocycles. The summed E-state index contributed by atoms with van der Waals surface area (Å²) < 4.78 is 26.3. The third kappa shape index (κ3) is 3.60. The van der Waals surface area contributed by atoms with E-state index >= 15 is 0 Å². The van der Waals surface area contributed by atoms with Crippen LogP contribution in [0.1, 0.15) is 24.8 Å². The van der Waals surface area contributed by atoms with Crippen molar-refractivity contribution < 1.29 is 18.3 Å². The van der Waals surface area contributed by atoms with Gasteiger partial charge < -0.3 is 5.11 Å². The average Bonchev–Trinajstić information content (AvgIpc) is 2.47. The number of aliphatic carboxylic acids is 1. The SMILES string of the molecule is N#Cc1cccc(S(=O)(=O)N2CCC(CC(=O)O)CC2)c1. The molecular formula is C14H16N2O4S. The van der Waals surface area contributed by atoms with Crippen molar-refractivity contribution >= 4 is 16.0 Å². The van der Waals surface area contributed by atoms with Gasteiger partial charge in [0.1, 0.15) is 0 Å². The van der Waals surface area contributed by atoms with Crippen LogP contribution in [0.2, 0.25) is 0 Å². The molecule has 0 atom stereocenters. The Balaban J connectivity index is 2.11. The van der Waals surface area contributed by atoms with E-state index in [9.17, 15) is 13.2 Å². The van der Waals surface area contributed by atoms with Crippen LogP contribution in [0.25, 0.3) is 0 Å². The number of hydrogen-bond donors (Lipinski definition) is 1. The standard InChI is InChI=1S/C14H16N2O4S/c15-10-12-2-1-3-13(8-12)21(19,20)16-6-4-11(5-7-16)9-14(17)18/h1-3,8,11H,4-7,9H2,(H,17,18). The number of sulfonamides is 1. The molecule has 1 N–H and O–H groups in total. The Hall–Kier alpha value is -1.91. The summed E-state index contributed by atoms with van der Waals surface area (Å²) in [5.74, 6) is -0.822. The lowest BCUT2D eigenvalue weighted by Gasteiger charge is -2.30. The smallest absolute Gasteiger partial charge is 0.303 e. The normalized spacial score (nSPS) is 17.3. The zero-order valence-electron chi connectivity index (χ0n) is 11.4. The summed E-state index contributed by atoms with van der Waals surface area (Å²) in [5, 5.41) is 17.6.